The Morgan fingerprint density at radius 3 is 2.58 bits per heavy atom. The molecule has 0 unspecified atom stereocenters. The largest absolute Gasteiger partial charge is 0.313 e. The van der Waals surface area contributed by atoms with Crippen LogP contribution in [0, 0.1) is 5.41 Å². The summed E-state index contributed by atoms with van der Waals surface area (Å²) in [4.78, 5) is 31.5. The molecule has 2 heterocycles. The van der Waals surface area contributed by atoms with Gasteiger partial charge in [-0.3, -0.25) is 9.59 Å². The van der Waals surface area contributed by atoms with Crippen molar-refractivity contribution in [3.63, 3.8) is 0 Å². The van der Waals surface area contributed by atoms with E-state index in [9.17, 15) is 9.59 Å². The molecule has 0 fully saturated rings. The summed E-state index contributed by atoms with van der Waals surface area (Å²) in [5, 5.41) is 3.43. The number of carbonyl (C=O) groups is 1. The van der Waals surface area contributed by atoms with E-state index in [1.165, 1.54) is 28.7 Å². The first-order valence-electron chi connectivity index (χ1n) is 7.91. The van der Waals surface area contributed by atoms with E-state index in [1.807, 2.05) is 50.4 Å². The van der Waals surface area contributed by atoms with Crippen LogP contribution in [0.3, 0.4) is 0 Å². The number of nitrogens with zero attached hydrogens (tertiary/aromatic N) is 1. The van der Waals surface area contributed by atoms with Crippen LogP contribution < -0.4 is 14.8 Å². The maximum absolute atomic E-state index is 12.1. The predicted octanol–water partition coefficient (Wildman–Crippen LogP) is 3.44. The number of halogens is 1. The van der Waals surface area contributed by atoms with Crippen LogP contribution in [-0.2, 0) is 4.79 Å². The van der Waals surface area contributed by atoms with E-state index in [0.717, 1.165) is 10.6 Å². The average Bonchev–Trinajstić information content (AvgIpc) is 3.15. The lowest BCUT2D eigenvalue weighted by Crippen LogP contribution is -2.22. The van der Waals surface area contributed by atoms with E-state index in [0.29, 0.717) is 19.9 Å². The van der Waals surface area contributed by atoms with Crippen LogP contribution in [0.5, 0.6) is 0 Å². The first-order valence-corrected chi connectivity index (χ1v) is 9.98. The number of aromatic amines is 1. The van der Waals surface area contributed by atoms with Crippen LogP contribution in [-0.4, -0.2) is 15.8 Å². The molecule has 0 saturated carbocycles. The molecule has 0 aliphatic carbocycles. The first kappa shape index (κ1) is 18.8. The molecule has 3 rings (SSSR count). The fourth-order valence-electron chi connectivity index (χ4n) is 2.07. The van der Waals surface area contributed by atoms with Crippen LogP contribution in [0.4, 0.5) is 0 Å². The molecule has 0 atom stereocenters. The van der Waals surface area contributed by atoms with Crippen molar-refractivity contribution in [2.45, 2.75) is 20.8 Å². The minimum Gasteiger partial charge on any atom is -0.313 e. The molecule has 0 amide bonds. The smallest absolute Gasteiger partial charge is 0.266 e. The molecule has 0 bridgehead atoms. The van der Waals surface area contributed by atoms with Gasteiger partial charge >= 0.3 is 0 Å². The Labute approximate surface area is 163 Å². The topological polar surface area (TPSA) is 62.8 Å². The van der Waals surface area contributed by atoms with Gasteiger partial charge in [0.05, 0.1) is 14.9 Å². The highest BCUT2D eigenvalue weighted by atomic mass is 35.5. The zero-order valence-corrected chi connectivity index (χ0v) is 16.9. The summed E-state index contributed by atoms with van der Waals surface area (Å²) in [5.41, 5.74) is 0.988. The zero-order valence-electron chi connectivity index (χ0n) is 14.5. The minimum absolute atomic E-state index is 0.0276. The number of H-pyrrole nitrogens is 1. The van der Waals surface area contributed by atoms with Crippen LogP contribution in [0.15, 0.2) is 34.4 Å². The third-order valence-corrected chi connectivity index (χ3v) is 5.70. The molecular weight excluding hydrogens is 388 g/mol. The van der Waals surface area contributed by atoms with Gasteiger partial charge in [0.25, 0.3) is 5.56 Å². The third-order valence-electron chi connectivity index (χ3n) is 3.57. The van der Waals surface area contributed by atoms with E-state index in [2.05, 4.69) is 9.97 Å². The van der Waals surface area contributed by atoms with E-state index < -0.39 is 5.41 Å². The summed E-state index contributed by atoms with van der Waals surface area (Å²) >= 11 is 8.66. The fourth-order valence-corrected chi connectivity index (χ4v) is 3.85. The maximum atomic E-state index is 12.1. The molecule has 26 heavy (non-hydrogen) atoms. The molecule has 0 aliphatic rings. The van der Waals surface area contributed by atoms with E-state index in [4.69, 9.17) is 11.6 Å². The molecule has 134 valence electrons. The van der Waals surface area contributed by atoms with E-state index in [-0.39, 0.29) is 11.3 Å². The van der Waals surface area contributed by atoms with Crippen LogP contribution in [0.2, 0.25) is 5.02 Å². The number of ketones is 1. The SMILES string of the molecule is CC(C)(C)C(=O)C=c1[nH]c(=O)c(=Cc2csc(-c3ccc(Cl)cc3)n2)s1. The second-order valence-electron chi connectivity index (χ2n) is 6.77. The summed E-state index contributed by atoms with van der Waals surface area (Å²) in [6.07, 6.45) is 3.22. The Bertz CT molecular complexity index is 1120. The van der Waals surface area contributed by atoms with Gasteiger partial charge in [0.1, 0.15) is 5.01 Å². The number of thiazole rings is 2. The van der Waals surface area contributed by atoms with E-state index in [1.54, 1.807) is 6.08 Å². The summed E-state index contributed by atoms with van der Waals surface area (Å²) in [7, 11) is 0. The second kappa shape index (κ2) is 7.31. The van der Waals surface area contributed by atoms with Gasteiger partial charge in [-0.25, -0.2) is 4.98 Å². The summed E-state index contributed by atoms with van der Waals surface area (Å²) in [5.74, 6) is -0.0276. The number of hydrogen-bond acceptors (Lipinski definition) is 5. The van der Waals surface area contributed by atoms with Gasteiger partial charge in [-0.1, -0.05) is 44.5 Å². The van der Waals surface area contributed by atoms with Crippen molar-refractivity contribution in [1.82, 2.24) is 9.97 Å². The summed E-state index contributed by atoms with van der Waals surface area (Å²) < 4.78 is 1.07. The lowest BCUT2D eigenvalue weighted by atomic mass is 9.91. The molecule has 1 aromatic carbocycles. The van der Waals surface area contributed by atoms with Crippen molar-refractivity contribution in [1.29, 1.82) is 0 Å². The van der Waals surface area contributed by atoms with Crippen LogP contribution in [0.1, 0.15) is 26.5 Å². The highest BCUT2D eigenvalue weighted by Crippen LogP contribution is 2.25. The standard InChI is InChI=1S/C19H17ClN2O2S2/c1-19(2,3)15(23)9-16-22-17(24)14(26-16)8-13-10-25-18(21-13)11-4-6-12(20)7-5-11/h4-10H,1-3H3,(H,22,24). The number of Topliss-reactive ketones (excluding diaryl/α,β-unsaturated/α-hetero) is 1. The summed E-state index contributed by atoms with van der Waals surface area (Å²) in [6, 6.07) is 7.46. The Kier molecular flexibility index (Phi) is 5.27. The van der Waals surface area contributed by atoms with Crippen molar-refractivity contribution < 1.29 is 4.79 Å². The molecule has 0 saturated heterocycles. The quantitative estimate of drug-likeness (QED) is 0.727. The molecule has 7 heteroatoms. The number of carbonyl (C=O) groups excluding carboxylic acids is 1. The van der Waals surface area contributed by atoms with Crippen LogP contribution in [0.25, 0.3) is 22.7 Å². The van der Waals surface area contributed by atoms with Crippen molar-refractivity contribution in [2.75, 3.05) is 0 Å². The average molecular weight is 405 g/mol. The monoisotopic (exact) mass is 404 g/mol. The highest BCUT2D eigenvalue weighted by Gasteiger charge is 2.18. The fraction of sp³-hybridized carbons (Fsp3) is 0.211. The number of hydrogen-bond donors (Lipinski definition) is 1. The van der Waals surface area contributed by atoms with Crippen molar-refractivity contribution in [3.8, 4) is 10.6 Å². The van der Waals surface area contributed by atoms with Gasteiger partial charge in [0.2, 0.25) is 0 Å². The Morgan fingerprint density at radius 1 is 1.23 bits per heavy atom. The molecule has 0 radical (unpaired) electrons. The third kappa shape index (κ3) is 4.38. The number of aromatic nitrogens is 2. The Hall–Kier alpha value is -2.02. The molecule has 3 aromatic rings. The molecule has 4 nitrogen and oxygen atoms in total. The van der Waals surface area contributed by atoms with Crippen molar-refractivity contribution >= 4 is 52.2 Å². The van der Waals surface area contributed by atoms with Crippen LogP contribution >= 0.6 is 34.3 Å². The normalized spacial score (nSPS) is 13.4. The molecule has 1 N–H and O–H groups in total. The lowest BCUT2D eigenvalue weighted by molar-refractivity contribution is -0.119. The Morgan fingerprint density at radius 2 is 1.92 bits per heavy atom. The van der Waals surface area contributed by atoms with Crippen molar-refractivity contribution in [3.05, 3.63) is 59.9 Å². The first-order chi connectivity index (χ1) is 12.2. The van der Waals surface area contributed by atoms with Gasteiger partial charge < -0.3 is 4.98 Å². The van der Waals surface area contributed by atoms with Crippen molar-refractivity contribution in [2.24, 2.45) is 5.41 Å². The van der Waals surface area contributed by atoms with Gasteiger partial charge in [0, 0.05) is 27.5 Å². The number of benzene rings is 1. The van der Waals surface area contributed by atoms with Gasteiger partial charge in [-0.05, 0) is 18.2 Å². The zero-order chi connectivity index (χ0) is 18.9. The molecule has 0 aliphatic heterocycles. The number of nitrogens with one attached hydrogen (secondary N) is 1. The lowest BCUT2D eigenvalue weighted by Gasteiger charge is -2.12. The van der Waals surface area contributed by atoms with Gasteiger partial charge in [-0.2, -0.15) is 0 Å². The molecular formula is C19H17ClN2O2S2. The second-order valence-corrected chi connectivity index (χ2v) is 9.15. The summed E-state index contributed by atoms with van der Waals surface area (Å²) in [6.45, 7) is 5.54. The minimum atomic E-state index is -0.479. The Balaban J connectivity index is 1.94. The van der Waals surface area contributed by atoms with Gasteiger partial charge in [0.15, 0.2) is 5.78 Å². The van der Waals surface area contributed by atoms with Gasteiger partial charge in [-0.15, -0.1) is 22.7 Å². The van der Waals surface area contributed by atoms with E-state index >= 15 is 0 Å². The highest BCUT2D eigenvalue weighted by molar-refractivity contribution is 7.13. The molecule has 2 aromatic heterocycles. The maximum Gasteiger partial charge on any atom is 0.266 e. The number of rotatable bonds is 3. The predicted molar refractivity (Wildman–Crippen MR) is 109 cm³/mol. The molecule has 0 spiro atoms.